The van der Waals surface area contributed by atoms with Crippen LogP contribution < -0.4 is 0 Å². The summed E-state index contributed by atoms with van der Waals surface area (Å²) in [5.74, 6) is 1.85. The Hall–Kier alpha value is -7.37. The molecule has 5 heteroatoms. The molecular formula is C49H30N4O. The van der Waals surface area contributed by atoms with Gasteiger partial charge in [-0.15, -0.1) is 0 Å². The SMILES string of the molecule is c1ccc(-c2nc(-c3ccccc3)nc(-c3cccc4oc5ccc(-c6ccc7c(c6)c6cc8ccccc8cc6n7-c6ccccc6)cc5c34)n2)cc1. The van der Waals surface area contributed by atoms with Gasteiger partial charge in [0.15, 0.2) is 17.5 Å². The number of benzene rings is 8. The Morgan fingerprint density at radius 1 is 0.370 bits per heavy atom. The van der Waals surface area contributed by atoms with E-state index in [0.717, 1.165) is 55.4 Å². The molecule has 54 heavy (non-hydrogen) atoms. The number of hydrogen-bond acceptors (Lipinski definition) is 4. The molecule has 0 fully saturated rings. The van der Waals surface area contributed by atoms with Gasteiger partial charge in [-0.2, -0.15) is 0 Å². The normalized spacial score (nSPS) is 11.7. The van der Waals surface area contributed by atoms with E-state index in [1.807, 2.05) is 72.8 Å². The van der Waals surface area contributed by atoms with Crippen molar-refractivity contribution in [3.8, 4) is 51.0 Å². The first kappa shape index (κ1) is 30.3. The van der Waals surface area contributed by atoms with E-state index in [1.54, 1.807) is 0 Å². The fraction of sp³-hybridized carbons (Fsp3) is 0. The van der Waals surface area contributed by atoms with Crippen LogP contribution in [0.2, 0.25) is 0 Å². The molecule has 0 amide bonds. The summed E-state index contributed by atoms with van der Waals surface area (Å²) in [6, 6.07) is 63.4. The first-order valence-corrected chi connectivity index (χ1v) is 18.1. The number of rotatable bonds is 5. The molecule has 0 aliphatic heterocycles. The molecule has 0 N–H and O–H groups in total. The van der Waals surface area contributed by atoms with Crippen LogP contribution in [0.5, 0.6) is 0 Å². The lowest BCUT2D eigenvalue weighted by molar-refractivity contribution is 0.669. The second-order valence-corrected chi connectivity index (χ2v) is 13.6. The van der Waals surface area contributed by atoms with Crippen LogP contribution in [0, 0.1) is 0 Å². The number of hydrogen-bond donors (Lipinski definition) is 0. The summed E-state index contributed by atoms with van der Waals surface area (Å²) in [4.78, 5) is 15.0. The molecule has 0 saturated carbocycles. The molecule has 0 saturated heterocycles. The molecule has 0 bridgehead atoms. The standard InChI is InChI=1S/C49H30N4O/c1-4-13-31(14-5-1)47-50-48(32-15-6-2-7-16-32)52-49(51-47)38-21-12-22-45-46(38)41-29-36(24-26-44(41)54-45)35-23-25-42-39(28-35)40-27-33-17-10-11-18-34(33)30-43(40)53(42)37-19-8-3-9-20-37/h1-30H. The predicted molar refractivity (Wildman–Crippen MR) is 221 cm³/mol. The summed E-state index contributed by atoms with van der Waals surface area (Å²) in [7, 11) is 0. The number of nitrogens with zero attached hydrogens (tertiary/aromatic N) is 4. The fourth-order valence-electron chi connectivity index (χ4n) is 7.86. The largest absolute Gasteiger partial charge is 0.456 e. The van der Waals surface area contributed by atoms with Crippen molar-refractivity contribution in [3.63, 3.8) is 0 Å². The van der Waals surface area contributed by atoms with Crippen LogP contribution >= 0.6 is 0 Å². The molecule has 3 heterocycles. The lowest BCUT2D eigenvalue weighted by Crippen LogP contribution is -2.00. The Morgan fingerprint density at radius 3 is 1.65 bits per heavy atom. The first-order valence-electron chi connectivity index (χ1n) is 18.1. The minimum Gasteiger partial charge on any atom is -0.456 e. The van der Waals surface area contributed by atoms with Gasteiger partial charge in [0.05, 0.1) is 11.0 Å². The van der Waals surface area contributed by atoms with E-state index in [-0.39, 0.29) is 0 Å². The van der Waals surface area contributed by atoms with E-state index >= 15 is 0 Å². The van der Waals surface area contributed by atoms with Crippen molar-refractivity contribution in [1.82, 2.24) is 19.5 Å². The van der Waals surface area contributed by atoms with Crippen molar-refractivity contribution >= 4 is 54.5 Å². The van der Waals surface area contributed by atoms with Gasteiger partial charge >= 0.3 is 0 Å². The maximum Gasteiger partial charge on any atom is 0.164 e. The Morgan fingerprint density at radius 2 is 0.944 bits per heavy atom. The zero-order valence-corrected chi connectivity index (χ0v) is 29.0. The highest BCUT2D eigenvalue weighted by Crippen LogP contribution is 2.41. The van der Waals surface area contributed by atoms with Crippen LogP contribution in [0.25, 0.3) is 105 Å². The molecule has 11 aromatic rings. The van der Waals surface area contributed by atoms with Crippen LogP contribution in [0.4, 0.5) is 0 Å². The van der Waals surface area contributed by atoms with Crippen molar-refractivity contribution < 1.29 is 4.42 Å². The molecule has 8 aromatic carbocycles. The maximum absolute atomic E-state index is 6.48. The molecule has 0 radical (unpaired) electrons. The van der Waals surface area contributed by atoms with Crippen molar-refractivity contribution in [3.05, 3.63) is 182 Å². The van der Waals surface area contributed by atoms with E-state index < -0.39 is 0 Å². The fourth-order valence-corrected chi connectivity index (χ4v) is 7.86. The van der Waals surface area contributed by atoms with Crippen LogP contribution in [0.1, 0.15) is 0 Å². The third-order valence-electron chi connectivity index (χ3n) is 10.4. The summed E-state index contributed by atoms with van der Waals surface area (Å²) < 4.78 is 8.86. The molecule has 0 aliphatic rings. The molecule has 252 valence electrons. The Balaban J connectivity index is 1.11. The number of para-hydroxylation sites is 1. The molecule has 0 aliphatic carbocycles. The highest BCUT2D eigenvalue weighted by Gasteiger charge is 2.19. The monoisotopic (exact) mass is 690 g/mol. The van der Waals surface area contributed by atoms with Gasteiger partial charge in [-0.25, -0.2) is 15.0 Å². The highest BCUT2D eigenvalue weighted by molar-refractivity contribution is 6.15. The Bertz CT molecular complexity index is 3140. The quantitative estimate of drug-likeness (QED) is 0.180. The van der Waals surface area contributed by atoms with E-state index in [4.69, 9.17) is 19.4 Å². The van der Waals surface area contributed by atoms with Crippen LogP contribution in [-0.4, -0.2) is 19.5 Å². The van der Waals surface area contributed by atoms with Crippen molar-refractivity contribution in [1.29, 1.82) is 0 Å². The van der Waals surface area contributed by atoms with Gasteiger partial charge in [0.1, 0.15) is 11.2 Å². The summed E-state index contributed by atoms with van der Waals surface area (Å²) in [6.45, 7) is 0. The van der Waals surface area contributed by atoms with Crippen molar-refractivity contribution in [2.45, 2.75) is 0 Å². The molecular weight excluding hydrogens is 661 g/mol. The summed E-state index contributed by atoms with van der Waals surface area (Å²) >= 11 is 0. The maximum atomic E-state index is 6.48. The predicted octanol–water partition coefficient (Wildman–Crippen LogP) is 12.7. The number of fused-ring (bicyclic) bond motifs is 7. The van der Waals surface area contributed by atoms with E-state index in [0.29, 0.717) is 17.5 Å². The second kappa shape index (κ2) is 12.1. The Kier molecular flexibility index (Phi) is 6.79. The zero-order valence-electron chi connectivity index (χ0n) is 29.0. The second-order valence-electron chi connectivity index (χ2n) is 13.6. The minimum absolute atomic E-state index is 0.601. The summed E-state index contributed by atoms with van der Waals surface area (Å²) in [5.41, 5.74) is 10.1. The van der Waals surface area contributed by atoms with Crippen molar-refractivity contribution in [2.75, 3.05) is 0 Å². The molecule has 11 rings (SSSR count). The smallest absolute Gasteiger partial charge is 0.164 e. The lowest BCUT2D eigenvalue weighted by Gasteiger charge is -2.09. The van der Waals surface area contributed by atoms with E-state index in [9.17, 15) is 0 Å². The zero-order chi connectivity index (χ0) is 35.6. The van der Waals surface area contributed by atoms with Gasteiger partial charge < -0.3 is 8.98 Å². The van der Waals surface area contributed by atoms with Gasteiger partial charge in [-0.3, -0.25) is 0 Å². The van der Waals surface area contributed by atoms with Crippen molar-refractivity contribution in [2.24, 2.45) is 0 Å². The topological polar surface area (TPSA) is 56.7 Å². The van der Waals surface area contributed by atoms with Gasteiger partial charge in [0, 0.05) is 43.9 Å². The average molecular weight is 691 g/mol. The van der Waals surface area contributed by atoms with Crippen LogP contribution in [0.15, 0.2) is 186 Å². The van der Waals surface area contributed by atoms with E-state index in [1.165, 1.54) is 32.6 Å². The van der Waals surface area contributed by atoms with Gasteiger partial charge in [0.25, 0.3) is 0 Å². The molecule has 5 nitrogen and oxygen atoms in total. The highest BCUT2D eigenvalue weighted by atomic mass is 16.3. The van der Waals surface area contributed by atoms with Crippen LogP contribution in [0.3, 0.4) is 0 Å². The Labute approximate surface area is 310 Å². The molecule has 0 unspecified atom stereocenters. The lowest BCUT2D eigenvalue weighted by atomic mass is 9.98. The third kappa shape index (κ3) is 4.90. The molecule has 0 atom stereocenters. The van der Waals surface area contributed by atoms with Gasteiger partial charge in [-0.1, -0.05) is 127 Å². The minimum atomic E-state index is 0.601. The first-order chi connectivity index (χ1) is 26.7. The third-order valence-corrected chi connectivity index (χ3v) is 10.4. The van der Waals surface area contributed by atoms with Crippen LogP contribution in [-0.2, 0) is 0 Å². The van der Waals surface area contributed by atoms with E-state index in [2.05, 4.69) is 114 Å². The van der Waals surface area contributed by atoms with Gasteiger partial charge in [0.2, 0.25) is 0 Å². The number of aromatic nitrogens is 4. The molecule has 3 aromatic heterocycles. The number of furan rings is 1. The van der Waals surface area contributed by atoms with Gasteiger partial charge in [-0.05, 0) is 76.5 Å². The molecule has 0 spiro atoms. The summed E-state index contributed by atoms with van der Waals surface area (Å²) in [5, 5.41) is 6.88. The summed E-state index contributed by atoms with van der Waals surface area (Å²) in [6.07, 6.45) is 0. The average Bonchev–Trinajstić information content (AvgIpc) is 3.78.